The molecule has 0 saturated carbocycles. The predicted octanol–water partition coefficient (Wildman–Crippen LogP) is 3.10. The lowest BCUT2D eigenvalue weighted by Gasteiger charge is -2.04. The second-order valence-electron chi connectivity index (χ2n) is 3.63. The van der Waals surface area contributed by atoms with Gasteiger partial charge in [-0.15, -0.1) is 0 Å². The van der Waals surface area contributed by atoms with Crippen molar-refractivity contribution in [1.82, 2.24) is 5.32 Å². The van der Waals surface area contributed by atoms with Gasteiger partial charge in [-0.3, -0.25) is 0 Å². The quantitative estimate of drug-likeness (QED) is 0.546. The first kappa shape index (κ1) is 13.5. The Morgan fingerprint density at radius 3 is 2.50 bits per heavy atom. The van der Waals surface area contributed by atoms with Crippen LogP contribution in [0.4, 0.5) is 0 Å². The van der Waals surface area contributed by atoms with Crippen LogP contribution in [0.25, 0.3) is 0 Å². The Morgan fingerprint density at radius 2 is 1.86 bits per heavy atom. The summed E-state index contributed by atoms with van der Waals surface area (Å²) in [6, 6.07) is 0. The van der Waals surface area contributed by atoms with Crippen LogP contribution < -0.4 is 5.32 Å². The first-order valence-electron chi connectivity index (χ1n) is 5.74. The number of unbranched alkanes of at least 4 members (excludes halogenated alkanes) is 3. The zero-order valence-electron chi connectivity index (χ0n) is 9.77. The number of rotatable bonds is 10. The maximum atomic E-state index is 5.40. The van der Waals surface area contributed by atoms with Crippen molar-refractivity contribution in [3.8, 4) is 0 Å². The van der Waals surface area contributed by atoms with Gasteiger partial charge in [0.1, 0.15) is 0 Å². The zero-order chi connectivity index (χ0) is 10.6. The highest BCUT2D eigenvalue weighted by atomic mass is 16.5. The van der Waals surface area contributed by atoms with Crippen molar-refractivity contribution in [2.24, 2.45) is 0 Å². The lowest BCUT2D eigenvalue weighted by Crippen LogP contribution is -2.03. The summed E-state index contributed by atoms with van der Waals surface area (Å²) >= 11 is 0. The molecule has 84 valence electrons. The van der Waals surface area contributed by atoms with Crippen LogP contribution in [-0.4, -0.2) is 20.3 Å². The molecule has 0 aliphatic carbocycles. The maximum absolute atomic E-state index is 5.40. The molecule has 0 aliphatic rings. The molecular weight excluding hydrogens is 174 g/mol. The molecule has 0 fully saturated rings. The van der Waals surface area contributed by atoms with E-state index in [9.17, 15) is 0 Å². The minimum absolute atomic E-state index is 0.913. The minimum Gasteiger partial charge on any atom is -0.392 e. The first-order valence-corrected chi connectivity index (χ1v) is 5.74. The van der Waals surface area contributed by atoms with Crippen LogP contribution in [0.3, 0.4) is 0 Å². The lowest BCUT2D eigenvalue weighted by molar-refractivity contribution is 0.130. The third-order valence-electron chi connectivity index (χ3n) is 2.22. The number of nitrogens with one attached hydrogen (secondary N) is 1. The van der Waals surface area contributed by atoms with Crippen molar-refractivity contribution in [2.45, 2.75) is 45.4 Å². The summed E-state index contributed by atoms with van der Waals surface area (Å²) in [4.78, 5) is 0. The maximum Gasteiger partial charge on any atom is 0.0466 e. The molecule has 0 aromatic rings. The van der Waals surface area contributed by atoms with Crippen LogP contribution in [0, 0.1) is 0 Å². The molecule has 0 unspecified atom stereocenters. The highest BCUT2D eigenvalue weighted by Crippen LogP contribution is 2.06. The smallest absolute Gasteiger partial charge is 0.0466 e. The second kappa shape index (κ2) is 10.6. The molecule has 0 spiro atoms. The van der Waals surface area contributed by atoms with E-state index in [-0.39, 0.29) is 0 Å². The van der Waals surface area contributed by atoms with Gasteiger partial charge < -0.3 is 10.1 Å². The molecule has 14 heavy (non-hydrogen) atoms. The Hall–Kier alpha value is -0.500. The van der Waals surface area contributed by atoms with Gasteiger partial charge >= 0.3 is 0 Å². The monoisotopic (exact) mass is 199 g/mol. The summed E-state index contributed by atoms with van der Waals surface area (Å²) in [6.45, 7) is 7.88. The molecule has 0 rings (SSSR count). The van der Waals surface area contributed by atoms with Gasteiger partial charge in [0.25, 0.3) is 0 Å². The Morgan fingerprint density at radius 1 is 1.14 bits per heavy atom. The summed E-state index contributed by atoms with van der Waals surface area (Å²) in [5.41, 5.74) is 1.15. The van der Waals surface area contributed by atoms with Gasteiger partial charge in [0.2, 0.25) is 0 Å². The number of hydrogen-bond donors (Lipinski definition) is 1. The molecule has 0 heterocycles. The van der Waals surface area contributed by atoms with E-state index in [2.05, 4.69) is 18.8 Å². The number of allylic oxidation sites excluding steroid dienone is 1. The van der Waals surface area contributed by atoms with E-state index in [1.54, 1.807) is 0 Å². The van der Waals surface area contributed by atoms with Crippen LogP contribution in [0.5, 0.6) is 0 Å². The van der Waals surface area contributed by atoms with E-state index >= 15 is 0 Å². The lowest BCUT2D eigenvalue weighted by atomic mass is 10.1. The van der Waals surface area contributed by atoms with Gasteiger partial charge in [0, 0.05) is 26.0 Å². The Labute approximate surface area is 88.7 Å². The van der Waals surface area contributed by atoms with Crippen LogP contribution in [0.1, 0.15) is 45.4 Å². The standard InChI is InChI=1S/C12H25NO/c1-4-10-14-11-8-6-5-7-9-12(2)13-3/h13H,2,4-11H2,1,3H3. The molecule has 0 saturated heterocycles. The van der Waals surface area contributed by atoms with Crippen molar-refractivity contribution in [1.29, 1.82) is 0 Å². The highest BCUT2D eigenvalue weighted by Gasteiger charge is 1.92. The SMILES string of the molecule is C=C(CCCCCCOCCC)NC. The van der Waals surface area contributed by atoms with Crippen LogP contribution >= 0.6 is 0 Å². The van der Waals surface area contributed by atoms with Gasteiger partial charge in [-0.1, -0.05) is 26.3 Å². The fraction of sp³-hybridized carbons (Fsp3) is 0.833. The Kier molecular flexibility index (Phi) is 10.2. The molecule has 0 amide bonds. The molecule has 0 aromatic heterocycles. The van der Waals surface area contributed by atoms with Gasteiger partial charge in [-0.2, -0.15) is 0 Å². The second-order valence-corrected chi connectivity index (χ2v) is 3.63. The van der Waals surface area contributed by atoms with E-state index in [0.717, 1.165) is 31.8 Å². The van der Waals surface area contributed by atoms with Crippen molar-refractivity contribution < 1.29 is 4.74 Å². The van der Waals surface area contributed by atoms with E-state index in [1.165, 1.54) is 25.7 Å². The number of hydrogen-bond acceptors (Lipinski definition) is 2. The molecule has 0 aliphatic heterocycles. The summed E-state index contributed by atoms with van der Waals surface area (Å²) in [6.07, 6.45) is 7.24. The fourth-order valence-electron chi connectivity index (χ4n) is 1.27. The molecule has 0 bridgehead atoms. The Bertz CT molecular complexity index is 134. The zero-order valence-corrected chi connectivity index (χ0v) is 9.77. The summed E-state index contributed by atoms with van der Waals surface area (Å²) in [5, 5.41) is 3.06. The van der Waals surface area contributed by atoms with Gasteiger partial charge in [0.15, 0.2) is 0 Å². The number of ether oxygens (including phenoxy) is 1. The van der Waals surface area contributed by atoms with Crippen molar-refractivity contribution in [3.63, 3.8) is 0 Å². The van der Waals surface area contributed by atoms with E-state index < -0.39 is 0 Å². The summed E-state index contributed by atoms with van der Waals surface area (Å²) in [7, 11) is 1.93. The van der Waals surface area contributed by atoms with Gasteiger partial charge in [0.05, 0.1) is 0 Å². The van der Waals surface area contributed by atoms with E-state index in [4.69, 9.17) is 4.74 Å². The van der Waals surface area contributed by atoms with Crippen molar-refractivity contribution in [3.05, 3.63) is 12.3 Å². The van der Waals surface area contributed by atoms with Gasteiger partial charge in [-0.05, 0) is 25.7 Å². The molecule has 0 radical (unpaired) electrons. The van der Waals surface area contributed by atoms with E-state index in [0.29, 0.717) is 0 Å². The van der Waals surface area contributed by atoms with Crippen molar-refractivity contribution >= 4 is 0 Å². The van der Waals surface area contributed by atoms with Gasteiger partial charge in [-0.25, -0.2) is 0 Å². The molecule has 2 nitrogen and oxygen atoms in total. The third-order valence-corrected chi connectivity index (χ3v) is 2.22. The highest BCUT2D eigenvalue weighted by molar-refractivity contribution is 4.88. The van der Waals surface area contributed by atoms with Crippen molar-refractivity contribution in [2.75, 3.05) is 20.3 Å². The van der Waals surface area contributed by atoms with Crippen LogP contribution in [0.15, 0.2) is 12.3 Å². The largest absolute Gasteiger partial charge is 0.392 e. The van der Waals surface area contributed by atoms with Crippen LogP contribution in [-0.2, 0) is 4.74 Å². The Balaban J connectivity index is 2.95. The summed E-state index contributed by atoms with van der Waals surface area (Å²) < 4.78 is 5.40. The average molecular weight is 199 g/mol. The minimum atomic E-state index is 0.913. The molecule has 2 heteroatoms. The predicted molar refractivity (Wildman–Crippen MR) is 62.4 cm³/mol. The average Bonchev–Trinajstić information content (AvgIpc) is 2.21. The van der Waals surface area contributed by atoms with E-state index in [1.807, 2.05) is 7.05 Å². The first-order chi connectivity index (χ1) is 6.81. The molecular formula is C12H25NO. The molecule has 0 atom stereocenters. The molecule has 0 aromatic carbocycles. The normalized spacial score (nSPS) is 10.1. The molecule has 1 N–H and O–H groups in total. The topological polar surface area (TPSA) is 21.3 Å². The summed E-state index contributed by atoms with van der Waals surface area (Å²) in [5.74, 6) is 0. The fourth-order valence-corrected chi connectivity index (χ4v) is 1.27. The third kappa shape index (κ3) is 9.59. The van der Waals surface area contributed by atoms with Crippen LogP contribution in [0.2, 0.25) is 0 Å².